The highest BCUT2D eigenvalue weighted by molar-refractivity contribution is 5.97. The van der Waals surface area contributed by atoms with E-state index in [9.17, 15) is 9.59 Å². The number of Topliss-reactive ketones (excluding diaryl/α,β-unsaturated/α-hetero) is 1. The predicted octanol–water partition coefficient (Wildman–Crippen LogP) is 2.29. The highest BCUT2D eigenvalue weighted by Crippen LogP contribution is 2.16. The molecule has 3 heteroatoms. The summed E-state index contributed by atoms with van der Waals surface area (Å²) in [7, 11) is 0. The van der Waals surface area contributed by atoms with E-state index >= 15 is 0 Å². The van der Waals surface area contributed by atoms with E-state index in [4.69, 9.17) is 0 Å². The van der Waals surface area contributed by atoms with Crippen LogP contribution >= 0.6 is 0 Å². The molecule has 0 aliphatic rings. The van der Waals surface area contributed by atoms with E-state index in [1.165, 1.54) is 6.92 Å². The van der Waals surface area contributed by atoms with E-state index < -0.39 is 0 Å². The van der Waals surface area contributed by atoms with Gasteiger partial charge in [0.2, 0.25) is 0 Å². The van der Waals surface area contributed by atoms with Crippen LogP contribution in [0.15, 0.2) is 29.1 Å². The minimum Gasteiger partial charge on any atom is -0.321 e. The molecule has 0 fully saturated rings. The topological polar surface area (TPSA) is 49.9 Å². The Bertz CT molecular complexity index is 611. The fourth-order valence-corrected chi connectivity index (χ4v) is 1.85. The maximum atomic E-state index is 11.7. The number of carbonyl (C=O) groups is 1. The molecule has 0 amide bonds. The summed E-state index contributed by atoms with van der Waals surface area (Å²) in [5.74, 6) is -0.204. The molecule has 0 unspecified atom stereocenters. The molecular weight excluding hydrogens is 202 g/mol. The van der Waals surface area contributed by atoms with Gasteiger partial charge in [0.15, 0.2) is 5.78 Å². The van der Waals surface area contributed by atoms with Gasteiger partial charge in [0.1, 0.15) is 0 Å². The molecule has 0 radical (unpaired) electrons. The van der Waals surface area contributed by atoms with E-state index in [0.717, 1.165) is 22.9 Å². The van der Waals surface area contributed by atoms with Crippen LogP contribution in [0.4, 0.5) is 0 Å². The average molecular weight is 215 g/mol. The third-order valence-corrected chi connectivity index (χ3v) is 2.73. The number of pyridine rings is 1. The van der Waals surface area contributed by atoms with E-state index in [-0.39, 0.29) is 16.9 Å². The first-order chi connectivity index (χ1) is 7.63. The summed E-state index contributed by atoms with van der Waals surface area (Å²) in [6, 6.07) is 7.47. The van der Waals surface area contributed by atoms with Gasteiger partial charge < -0.3 is 4.98 Å². The maximum Gasteiger partial charge on any atom is 0.259 e. The summed E-state index contributed by atoms with van der Waals surface area (Å²) in [6.45, 7) is 3.44. The normalized spacial score (nSPS) is 10.6. The summed E-state index contributed by atoms with van der Waals surface area (Å²) in [4.78, 5) is 25.7. The number of rotatable bonds is 2. The molecule has 0 aliphatic heterocycles. The van der Waals surface area contributed by atoms with Crippen molar-refractivity contribution in [2.24, 2.45) is 0 Å². The van der Waals surface area contributed by atoms with Crippen molar-refractivity contribution in [1.82, 2.24) is 4.98 Å². The Balaban J connectivity index is 2.83. The number of ketones is 1. The standard InChI is InChI=1S/C13H13NO2/c1-3-9-5-4-6-10-7-11(8(2)15)13(16)14-12(9)10/h4-7H,3H2,1-2H3,(H,14,16). The van der Waals surface area contributed by atoms with Gasteiger partial charge in [-0.05, 0) is 30.4 Å². The van der Waals surface area contributed by atoms with Gasteiger partial charge in [0.25, 0.3) is 5.56 Å². The first-order valence-electron chi connectivity index (χ1n) is 5.29. The zero-order valence-electron chi connectivity index (χ0n) is 9.33. The second-order valence-corrected chi connectivity index (χ2v) is 3.80. The third-order valence-electron chi connectivity index (χ3n) is 2.73. The van der Waals surface area contributed by atoms with Crippen molar-refractivity contribution in [3.05, 3.63) is 45.7 Å². The van der Waals surface area contributed by atoms with Crippen LogP contribution in [0.2, 0.25) is 0 Å². The Morgan fingerprint density at radius 3 is 2.75 bits per heavy atom. The molecular formula is C13H13NO2. The van der Waals surface area contributed by atoms with E-state index in [1.807, 2.05) is 25.1 Å². The lowest BCUT2D eigenvalue weighted by molar-refractivity contribution is 0.101. The highest BCUT2D eigenvalue weighted by Gasteiger charge is 2.08. The zero-order chi connectivity index (χ0) is 11.7. The summed E-state index contributed by atoms with van der Waals surface area (Å²) >= 11 is 0. The molecule has 0 saturated heterocycles. The van der Waals surface area contributed by atoms with Crippen molar-refractivity contribution in [3.63, 3.8) is 0 Å². The lowest BCUT2D eigenvalue weighted by Gasteiger charge is -2.04. The van der Waals surface area contributed by atoms with Crippen molar-refractivity contribution in [2.45, 2.75) is 20.3 Å². The fourth-order valence-electron chi connectivity index (χ4n) is 1.85. The molecule has 1 aromatic heterocycles. The van der Waals surface area contributed by atoms with Crippen LogP contribution in [0.5, 0.6) is 0 Å². The number of aryl methyl sites for hydroxylation is 1. The Kier molecular flexibility index (Phi) is 2.60. The molecule has 1 heterocycles. The third kappa shape index (κ3) is 1.65. The number of hydrogen-bond donors (Lipinski definition) is 1. The summed E-state index contributed by atoms with van der Waals surface area (Å²) in [5, 5.41) is 0.907. The van der Waals surface area contributed by atoms with Gasteiger partial charge in [-0.3, -0.25) is 9.59 Å². The number of aromatic amines is 1. The van der Waals surface area contributed by atoms with Gasteiger partial charge in [-0.25, -0.2) is 0 Å². The average Bonchev–Trinajstić information content (AvgIpc) is 2.27. The molecule has 0 bridgehead atoms. The number of fused-ring (bicyclic) bond motifs is 1. The molecule has 2 aromatic rings. The van der Waals surface area contributed by atoms with Crippen LogP contribution in [0.25, 0.3) is 10.9 Å². The summed E-state index contributed by atoms with van der Waals surface area (Å²) in [6.07, 6.45) is 0.854. The monoisotopic (exact) mass is 215 g/mol. The second kappa shape index (κ2) is 3.93. The van der Waals surface area contributed by atoms with Crippen molar-refractivity contribution in [2.75, 3.05) is 0 Å². The Labute approximate surface area is 93.1 Å². The van der Waals surface area contributed by atoms with Crippen LogP contribution in [0.3, 0.4) is 0 Å². The zero-order valence-corrected chi connectivity index (χ0v) is 9.33. The molecule has 0 atom stereocenters. The highest BCUT2D eigenvalue weighted by atomic mass is 16.1. The van der Waals surface area contributed by atoms with Gasteiger partial charge in [-0.2, -0.15) is 0 Å². The summed E-state index contributed by atoms with van der Waals surface area (Å²) < 4.78 is 0. The minimum atomic E-state index is -0.305. The first-order valence-corrected chi connectivity index (χ1v) is 5.29. The molecule has 0 aliphatic carbocycles. The van der Waals surface area contributed by atoms with Gasteiger partial charge in [0.05, 0.1) is 11.1 Å². The molecule has 82 valence electrons. The Morgan fingerprint density at radius 1 is 1.38 bits per heavy atom. The molecule has 0 saturated carbocycles. The van der Waals surface area contributed by atoms with E-state index in [0.29, 0.717) is 0 Å². The van der Waals surface area contributed by atoms with E-state index in [2.05, 4.69) is 4.98 Å². The Hall–Kier alpha value is -1.90. The molecule has 2 rings (SSSR count). The number of benzene rings is 1. The van der Waals surface area contributed by atoms with Crippen molar-refractivity contribution < 1.29 is 4.79 Å². The quantitative estimate of drug-likeness (QED) is 0.781. The number of para-hydroxylation sites is 1. The number of aromatic nitrogens is 1. The van der Waals surface area contributed by atoms with E-state index in [1.54, 1.807) is 6.07 Å². The fraction of sp³-hybridized carbons (Fsp3) is 0.231. The van der Waals surface area contributed by atoms with Crippen LogP contribution in [0, 0.1) is 0 Å². The number of H-pyrrole nitrogens is 1. The second-order valence-electron chi connectivity index (χ2n) is 3.80. The lowest BCUT2D eigenvalue weighted by atomic mass is 10.1. The van der Waals surface area contributed by atoms with Crippen molar-refractivity contribution in [3.8, 4) is 0 Å². The van der Waals surface area contributed by atoms with Crippen LogP contribution < -0.4 is 5.56 Å². The predicted molar refractivity (Wildman–Crippen MR) is 64.0 cm³/mol. The number of nitrogens with one attached hydrogen (secondary N) is 1. The first kappa shape index (κ1) is 10.6. The van der Waals surface area contributed by atoms with Gasteiger partial charge in [0, 0.05) is 0 Å². The molecule has 3 nitrogen and oxygen atoms in total. The Morgan fingerprint density at radius 2 is 2.12 bits per heavy atom. The molecule has 0 spiro atoms. The largest absolute Gasteiger partial charge is 0.321 e. The van der Waals surface area contributed by atoms with Gasteiger partial charge >= 0.3 is 0 Å². The number of hydrogen-bond acceptors (Lipinski definition) is 2. The minimum absolute atomic E-state index is 0.204. The van der Waals surface area contributed by atoms with Gasteiger partial charge in [-0.1, -0.05) is 25.1 Å². The molecule has 16 heavy (non-hydrogen) atoms. The maximum absolute atomic E-state index is 11.7. The summed E-state index contributed by atoms with van der Waals surface area (Å²) in [5.41, 5.74) is 1.84. The van der Waals surface area contributed by atoms with Crippen molar-refractivity contribution >= 4 is 16.7 Å². The van der Waals surface area contributed by atoms with Crippen LogP contribution in [-0.4, -0.2) is 10.8 Å². The molecule has 1 aromatic carbocycles. The molecule has 1 N–H and O–H groups in total. The van der Waals surface area contributed by atoms with Crippen LogP contribution in [-0.2, 0) is 6.42 Å². The SMILES string of the molecule is CCc1cccc2cc(C(C)=O)c(=O)[nH]c12. The van der Waals surface area contributed by atoms with Crippen molar-refractivity contribution in [1.29, 1.82) is 0 Å². The lowest BCUT2D eigenvalue weighted by Crippen LogP contribution is -2.16. The smallest absolute Gasteiger partial charge is 0.259 e. The van der Waals surface area contributed by atoms with Crippen LogP contribution in [0.1, 0.15) is 29.8 Å². The van der Waals surface area contributed by atoms with Gasteiger partial charge in [-0.15, -0.1) is 0 Å². The number of carbonyl (C=O) groups excluding carboxylic acids is 1.